The van der Waals surface area contributed by atoms with Crippen molar-refractivity contribution >= 4 is 21.6 Å². The van der Waals surface area contributed by atoms with Gasteiger partial charge in [0.05, 0.1) is 0 Å². The van der Waals surface area contributed by atoms with Crippen molar-refractivity contribution in [3.63, 3.8) is 0 Å². The fourth-order valence-electron chi connectivity index (χ4n) is 2.34. The van der Waals surface area contributed by atoms with Crippen LogP contribution < -0.4 is 27.6 Å². The lowest BCUT2D eigenvalue weighted by Gasteiger charge is -2.25. The Morgan fingerprint density at radius 3 is 2.67 bits per heavy atom. The largest absolute Gasteiger partial charge is 1.00 e. The Balaban J connectivity index is 0.00000120. The normalized spacial score (nSPS) is 17.3. The van der Waals surface area contributed by atoms with E-state index in [9.17, 15) is 0 Å². The van der Waals surface area contributed by atoms with E-state index in [0.29, 0.717) is 6.04 Å². The van der Waals surface area contributed by atoms with Crippen LogP contribution in [0.1, 0.15) is 17.2 Å². The topological polar surface area (TPSA) is 28.6 Å². The van der Waals surface area contributed by atoms with Gasteiger partial charge in [0.1, 0.15) is 12.7 Å². The standard InChI is InChI=1S/C14H13BrN2.BrH/c15-11-6-7-13-12(8-11)14(17-9-16-13)10-4-2-1-3-5-10;/h1-8,14,16-17H,9H2;1H/t14-;/m0./s1. The summed E-state index contributed by atoms with van der Waals surface area (Å²) in [5.41, 5.74) is 3.94. The highest BCUT2D eigenvalue weighted by atomic mass is 79.9. The molecule has 0 amide bonds. The summed E-state index contributed by atoms with van der Waals surface area (Å²) in [5.74, 6) is 0. The van der Waals surface area contributed by atoms with E-state index in [-0.39, 0.29) is 17.0 Å². The number of benzene rings is 2. The maximum absolute atomic E-state index is 3.55. The first-order valence-electron chi connectivity index (χ1n) is 5.76. The number of quaternary nitrogens is 1. The molecule has 3 N–H and O–H groups in total. The van der Waals surface area contributed by atoms with Gasteiger partial charge in [-0.1, -0.05) is 46.3 Å². The molecule has 18 heavy (non-hydrogen) atoms. The minimum absolute atomic E-state index is 0. The summed E-state index contributed by atoms with van der Waals surface area (Å²) in [7, 11) is 0. The molecule has 1 aliphatic heterocycles. The lowest BCUT2D eigenvalue weighted by atomic mass is 9.96. The van der Waals surface area contributed by atoms with Crippen LogP contribution in [0.15, 0.2) is 53.0 Å². The first kappa shape index (κ1) is 13.6. The molecule has 94 valence electrons. The molecule has 3 rings (SSSR count). The third kappa shape index (κ3) is 2.60. The van der Waals surface area contributed by atoms with Crippen molar-refractivity contribution in [3.8, 4) is 0 Å². The molecule has 0 unspecified atom stereocenters. The third-order valence-electron chi connectivity index (χ3n) is 3.15. The van der Waals surface area contributed by atoms with Gasteiger partial charge in [-0.2, -0.15) is 0 Å². The van der Waals surface area contributed by atoms with Crippen LogP contribution in [0.4, 0.5) is 5.69 Å². The second kappa shape index (κ2) is 5.87. The van der Waals surface area contributed by atoms with Gasteiger partial charge in [-0.15, -0.1) is 0 Å². The van der Waals surface area contributed by atoms with Gasteiger partial charge in [-0.25, -0.2) is 0 Å². The van der Waals surface area contributed by atoms with Crippen LogP contribution in [0.2, 0.25) is 0 Å². The Labute approximate surface area is 126 Å². The molecule has 0 spiro atoms. The summed E-state index contributed by atoms with van der Waals surface area (Å²) in [4.78, 5) is 0. The van der Waals surface area contributed by atoms with Crippen LogP contribution in [0.3, 0.4) is 0 Å². The molecule has 2 aromatic rings. The summed E-state index contributed by atoms with van der Waals surface area (Å²) in [5, 5.41) is 5.74. The summed E-state index contributed by atoms with van der Waals surface area (Å²) in [6.07, 6.45) is 0. The van der Waals surface area contributed by atoms with Crippen molar-refractivity contribution < 1.29 is 22.3 Å². The number of anilines is 1. The van der Waals surface area contributed by atoms with Crippen molar-refractivity contribution in [3.05, 3.63) is 64.1 Å². The van der Waals surface area contributed by atoms with Crippen LogP contribution in [-0.4, -0.2) is 6.67 Å². The second-order valence-electron chi connectivity index (χ2n) is 4.24. The third-order valence-corrected chi connectivity index (χ3v) is 3.65. The van der Waals surface area contributed by atoms with Crippen LogP contribution in [0.5, 0.6) is 0 Å². The highest BCUT2D eigenvalue weighted by Gasteiger charge is 2.24. The predicted octanol–water partition coefficient (Wildman–Crippen LogP) is -0.511. The maximum Gasteiger partial charge on any atom is 0.149 e. The average Bonchev–Trinajstić information content (AvgIpc) is 2.39. The van der Waals surface area contributed by atoms with Crippen LogP contribution in [0, 0.1) is 0 Å². The number of fused-ring (bicyclic) bond motifs is 1. The fourth-order valence-corrected chi connectivity index (χ4v) is 2.72. The number of hydrogen-bond acceptors (Lipinski definition) is 1. The van der Waals surface area contributed by atoms with Crippen LogP contribution >= 0.6 is 15.9 Å². The first-order chi connectivity index (χ1) is 8.34. The molecule has 2 nitrogen and oxygen atoms in total. The van der Waals surface area contributed by atoms with Gasteiger partial charge in [0.15, 0.2) is 0 Å². The predicted molar refractivity (Wildman–Crippen MR) is 72.8 cm³/mol. The van der Waals surface area contributed by atoms with E-state index in [1.54, 1.807) is 0 Å². The SMILES string of the molecule is Brc1ccc2c(c1)[C@H](c1ccccc1)[NH2+]CN2.[Br-]. The van der Waals surface area contributed by atoms with Crippen LogP contribution in [-0.2, 0) is 0 Å². The Morgan fingerprint density at radius 1 is 1.11 bits per heavy atom. The summed E-state index contributed by atoms with van der Waals surface area (Å²) in [6.45, 7) is 0.925. The molecule has 0 saturated carbocycles. The maximum atomic E-state index is 3.55. The van der Waals surface area contributed by atoms with Crippen molar-refractivity contribution in [2.24, 2.45) is 0 Å². The highest BCUT2D eigenvalue weighted by molar-refractivity contribution is 9.10. The fraction of sp³-hybridized carbons (Fsp3) is 0.143. The van der Waals surface area contributed by atoms with Crippen molar-refractivity contribution in [1.82, 2.24) is 0 Å². The number of hydrogen-bond donors (Lipinski definition) is 2. The summed E-state index contributed by atoms with van der Waals surface area (Å²) >= 11 is 3.55. The monoisotopic (exact) mass is 368 g/mol. The number of halogens is 2. The van der Waals surface area contributed by atoms with E-state index in [2.05, 4.69) is 75.1 Å². The molecule has 1 heterocycles. The van der Waals surface area contributed by atoms with Gasteiger partial charge in [-0.3, -0.25) is 0 Å². The van der Waals surface area contributed by atoms with E-state index in [1.165, 1.54) is 16.8 Å². The summed E-state index contributed by atoms with van der Waals surface area (Å²) < 4.78 is 1.13. The minimum atomic E-state index is 0. The quantitative estimate of drug-likeness (QED) is 0.696. The lowest BCUT2D eigenvalue weighted by Crippen LogP contribution is -3.00. The van der Waals surface area contributed by atoms with Crippen LogP contribution in [0.25, 0.3) is 0 Å². The molecule has 0 saturated heterocycles. The van der Waals surface area contributed by atoms with E-state index < -0.39 is 0 Å². The lowest BCUT2D eigenvalue weighted by molar-refractivity contribution is -0.684. The Bertz CT molecular complexity index is 529. The second-order valence-corrected chi connectivity index (χ2v) is 5.15. The Morgan fingerprint density at radius 2 is 1.89 bits per heavy atom. The smallest absolute Gasteiger partial charge is 0.149 e. The zero-order valence-corrected chi connectivity index (χ0v) is 12.9. The highest BCUT2D eigenvalue weighted by Crippen LogP contribution is 2.30. The van der Waals surface area contributed by atoms with Crippen molar-refractivity contribution in [2.45, 2.75) is 6.04 Å². The average molecular weight is 370 g/mol. The first-order valence-corrected chi connectivity index (χ1v) is 6.55. The molecule has 0 radical (unpaired) electrons. The molecule has 2 aromatic carbocycles. The Hall–Kier alpha value is -0.840. The molecule has 0 fully saturated rings. The molecule has 1 atom stereocenters. The molecular weight excluding hydrogens is 356 g/mol. The van der Waals surface area contributed by atoms with Crippen molar-refractivity contribution in [1.29, 1.82) is 0 Å². The molecule has 0 aromatic heterocycles. The van der Waals surface area contributed by atoms with Gasteiger partial charge in [0, 0.05) is 21.3 Å². The van der Waals surface area contributed by atoms with Gasteiger partial charge in [0.25, 0.3) is 0 Å². The van der Waals surface area contributed by atoms with E-state index in [4.69, 9.17) is 0 Å². The molecular formula is C14H14Br2N2. The molecule has 0 aliphatic carbocycles. The van der Waals surface area contributed by atoms with Gasteiger partial charge >= 0.3 is 0 Å². The van der Waals surface area contributed by atoms with E-state index in [1.807, 2.05) is 0 Å². The molecule has 4 heteroatoms. The van der Waals surface area contributed by atoms with Gasteiger partial charge in [0.2, 0.25) is 0 Å². The minimum Gasteiger partial charge on any atom is -1.00 e. The summed E-state index contributed by atoms with van der Waals surface area (Å²) in [6, 6.07) is 17.5. The molecule has 0 bridgehead atoms. The number of nitrogens with one attached hydrogen (secondary N) is 1. The number of rotatable bonds is 1. The van der Waals surface area contributed by atoms with Gasteiger partial charge < -0.3 is 27.6 Å². The number of nitrogens with two attached hydrogens (primary N) is 1. The Kier molecular flexibility index (Phi) is 4.43. The van der Waals surface area contributed by atoms with Crippen molar-refractivity contribution in [2.75, 3.05) is 12.0 Å². The van der Waals surface area contributed by atoms with E-state index in [0.717, 1.165) is 11.1 Å². The zero-order valence-electron chi connectivity index (χ0n) is 9.74. The van der Waals surface area contributed by atoms with Gasteiger partial charge in [-0.05, 0) is 18.2 Å². The zero-order chi connectivity index (χ0) is 11.7. The molecule has 1 aliphatic rings. The van der Waals surface area contributed by atoms with E-state index >= 15 is 0 Å².